The van der Waals surface area contributed by atoms with E-state index in [1.54, 1.807) is 42.5 Å². The van der Waals surface area contributed by atoms with Crippen LogP contribution in [-0.4, -0.2) is 19.2 Å². The Balaban J connectivity index is 1.58. The zero-order valence-corrected chi connectivity index (χ0v) is 15.8. The Morgan fingerprint density at radius 1 is 0.786 bits per heavy atom. The van der Waals surface area contributed by atoms with Gasteiger partial charge in [-0.15, -0.1) is 0 Å². The maximum atomic E-state index is 12.3. The first-order valence-corrected chi connectivity index (χ1v) is 9.07. The molecule has 146 valence electrons. The van der Waals surface area contributed by atoms with Gasteiger partial charge in [0.05, 0.1) is 13.2 Å². The molecule has 0 fully saturated rings. The van der Waals surface area contributed by atoms with Crippen LogP contribution in [0.15, 0.2) is 65.1 Å². The van der Waals surface area contributed by atoms with Gasteiger partial charge >= 0.3 is 5.97 Å². The average molecular weight is 382 g/mol. The van der Waals surface area contributed by atoms with Crippen molar-refractivity contribution in [2.24, 2.45) is 0 Å². The Bertz CT molecular complexity index is 915. The second-order valence-corrected chi connectivity index (χ2v) is 5.76. The Morgan fingerprint density at radius 2 is 1.36 bits per heavy atom. The Kier molecular flexibility index (Phi) is 6.57. The predicted octanol–water partition coefficient (Wildman–Crippen LogP) is 4.88. The SMILES string of the molecule is CCOc1cccc(OCc2ccc(C(=O)Oc3cccc(OCC)c3)o2)c1. The van der Waals surface area contributed by atoms with Gasteiger partial charge in [-0.05, 0) is 50.2 Å². The molecule has 0 unspecified atom stereocenters. The molecule has 0 saturated carbocycles. The Morgan fingerprint density at radius 3 is 2.00 bits per heavy atom. The average Bonchev–Trinajstić information content (AvgIpc) is 3.17. The third kappa shape index (κ3) is 5.30. The molecule has 0 saturated heterocycles. The number of ether oxygens (including phenoxy) is 4. The van der Waals surface area contributed by atoms with E-state index < -0.39 is 5.97 Å². The minimum absolute atomic E-state index is 0.100. The molecular formula is C22H22O6. The predicted molar refractivity (Wildman–Crippen MR) is 103 cm³/mol. The minimum atomic E-state index is -0.585. The van der Waals surface area contributed by atoms with Gasteiger partial charge in [0.25, 0.3) is 0 Å². The third-order valence-electron chi connectivity index (χ3n) is 3.69. The highest BCUT2D eigenvalue weighted by Crippen LogP contribution is 2.22. The van der Waals surface area contributed by atoms with Crippen molar-refractivity contribution in [3.63, 3.8) is 0 Å². The first-order valence-electron chi connectivity index (χ1n) is 9.07. The fourth-order valence-electron chi connectivity index (χ4n) is 2.49. The lowest BCUT2D eigenvalue weighted by Crippen LogP contribution is -2.07. The Hall–Kier alpha value is -3.41. The van der Waals surface area contributed by atoms with Crippen LogP contribution < -0.4 is 18.9 Å². The van der Waals surface area contributed by atoms with Gasteiger partial charge < -0.3 is 23.4 Å². The summed E-state index contributed by atoms with van der Waals surface area (Å²) in [6.07, 6.45) is 0. The molecule has 0 aliphatic heterocycles. The van der Waals surface area contributed by atoms with Crippen molar-refractivity contribution in [3.05, 3.63) is 72.2 Å². The first kappa shape index (κ1) is 19.4. The number of hydrogen-bond acceptors (Lipinski definition) is 6. The Labute approximate surface area is 163 Å². The molecule has 3 aromatic rings. The number of benzene rings is 2. The van der Waals surface area contributed by atoms with Crippen LogP contribution in [0.1, 0.15) is 30.2 Å². The van der Waals surface area contributed by atoms with Crippen molar-refractivity contribution in [2.45, 2.75) is 20.5 Å². The van der Waals surface area contributed by atoms with Crippen molar-refractivity contribution in [3.8, 4) is 23.0 Å². The van der Waals surface area contributed by atoms with E-state index in [1.807, 2.05) is 32.0 Å². The molecule has 0 aliphatic rings. The van der Waals surface area contributed by atoms with E-state index in [-0.39, 0.29) is 12.4 Å². The zero-order chi connectivity index (χ0) is 19.8. The van der Waals surface area contributed by atoms with Gasteiger partial charge in [-0.1, -0.05) is 12.1 Å². The zero-order valence-electron chi connectivity index (χ0n) is 15.8. The summed E-state index contributed by atoms with van der Waals surface area (Å²) in [5.41, 5.74) is 0. The summed E-state index contributed by atoms with van der Waals surface area (Å²) in [6.45, 7) is 5.11. The standard InChI is InChI=1S/C22H22O6/c1-3-24-16-7-5-9-18(13-16)26-15-20-11-12-21(27-20)22(23)28-19-10-6-8-17(14-19)25-4-2/h5-14H,3-4,15H2,1-2H3. The molecule has 0 radical (unpaired) electrons. The number of furan rings is 1. The van der Waals surface area contributed by atoms with E-state index in [2.05, 4.69) is 0 Å². The summed E-state index contributed by atoms with van der Waals surface area (Å²) in [5, 5.41) is 0. The van der Waals surface area contributed by atoms with Gasteiger partial charge in [0.1, 0.15) is 35.4 Å². The normalized spacial score (nSPS) is 10.4. The lowest BCUT2D eigenvalue weighted by atomic mass is 10.3. The largest absolute Gasteiger partial charge is 0.494 e. The van der Waals surface area contributed by atoms with E-state index in [0.29, 0.717) is 36.2 Å². The van der Waals surface area contributed by atoms with E-state index in [0.717, 1.165) is 5.75 Å². The molecule has 1 aromatic heterocycles. The van der Waals surface area contributed by atoms with Crippen LogP contribution >= 0.6 is 0 Å². The summed E-state index contributed by atoms with van der Waals surface area (Å²) in [4.78, 5) is 12.3. The van der Waals surface area contributed by atoms with Crippen molar-refractivity contribution in [1.82, 2.24) is 0 Å². The monoisotopic (exact) mass is 382 g/mol. The summed E-state index contributed by atoms with van der Waals surface area (Å²) < 4.78 is 27.4. The van der Waals surface area contributed by atoms with Gasteiger partial charge in [-0.25, -0.2) is 4.79 Å². The molecule has 2 aromatic carbocycles. The van der Waals surface area contributed by atoms with Crippen LogP contribution in [0.5, 0.6) is 23.0 Å². The van der Waals surface area contributed by atoms with E-state index >= 15 is 0 Å². The summed E-state index contributed by atoms with van der Waals surface area (Å²) in [6, 6.07) is 17.5. The maximum Gasteiger partial charge on any atom is 0.379 e. The lowest BCUT2D eigenvalue weighted by Gasteiger charge is -2.07. The molecular weight excluding hydrogens is 360 g/mol. The highest BCUT2D eigenvalue weighted by Gasteiger charge is 2.14. The number of esters is 1. The van der Waals surface area contributed by atoms with Crippen LogP contribution in [0.4, 0.5) is 0 Å². The van der Waals surface area contributed by atoms with Gasteiger partial charge in [0.2, 0.25) is 5.76 Å². The molecule has 6 nitrogen and oxygen atoms in total. The molecule has 1 heterocycles. The number of carbonyl (C=O) groups is 1. The molecule has 0 bridgehead atoms. The van der Waals surface area contributed by atoms with Crippen LogP contribution in [0.25, 0.3) is 0 Å². The highest BCUT2D eigenvalue weighted by molar-refractivity contribution is 5.88. The van der Waals surface area contributed by atoms with Crippen LogP contribution in [0.2, 0.25) is 0 Å². The summed E-state index contributed by atoms with van der Waals surface area (Å²) >= 11 is 0. The van der Waals surface area contributed by atoms with E-state index in [1.165, 1.54) is 0 Å². The van der Waals surface area contributed by atoms with Crippen molar-refractivity contribution in [2.75, 3.05) is 13.2 Å². The summed E-state index contributed by atoms with van der Waals surface area (Å²) in [7, 11) is 0. The fourth-order valence-corrected chi connectivity index (χ4v) is 2.49. The molecule has 6 heteroatoms. The highest BCUT2D eigenvalue weighted by atomic mass is 16.6. The molecule has 3 rings (SSSR count). The van der Waals surface area contributed by atoms with Crippen molar-refractivity contribution < 1.29 is 28.2 Å². The van der Waals surface area contributed by atoms with Crippen LogP contribution in [0.3, 0.4) is 0 Å². The van der Waals surface area contributed by atoms with Gasteiger partial charge in [0, 0.05) is 12.1 Å². The van der Waals surface area contributed by atoms with Crippen molar-refractivity contribution >= 4 is 5.97 Å². The van der Waals surface area contributed by atoms with E-state index in [9.17, 15) is 4.79 Å². The lowest BCUT2D eigenvalue weighted by molar-refractivity contribution is 0.0697. The minimum Gasteiger partial charge on any atom is -0.494 e. The second kappa shape index (κ2) is 9.50. The summed E-state index contributed by atoms with van der Waals surface area (Å²) in [5.74, 6) is 2.43. The van der Waals surface area contributed by atoms with Crippen LogP contribution in [-0.2, 0) is 6.61 Å². The molecule has 0 N–H and O–H groups in total. The second-order valence-electron chi connectivity index (χ2n) is 5.76. The molecule has 0 aliphatic carbocycles. The third-order valence-corrected chi connectivity index (χ3v) is 3.69. The van der Waals surface area contributed by atoms with Crippen LogP contribution in [0, 0.1) is 0 Å². The molecule has 0 amide bonds. The van der Waals surface area contributed by atoms with E-state index in [4.69, 9.17) is 23.4 Å². The van der Waals surface area contributed by atoms with Crippen molar-refractivity contribution in [1.29, 1.82) is 0 Å². The van der Waals surface area contributed by atoms with Gasteiger partial charge in [0.15, 0.2) is 0 Å². The quantitative estimate of drug-likeness (QED) is 0.388. The van der Waals surface area contributed by atoms with Gasteiger partial charge in [-0.3, -0.25) is 0 Å². The maximum absolute atomic E-state index is 12.3. The number of hydrogen-bond donors (Lipinski definition) is 0. The molecule has 0 atom stereocenters. The number of rotatable bonds is 9. The number of carbonyl (C=O) groups excluding carboxylic acids is 1. The van der Waals surface area contributed by atoms with Gasteiger partial charge in [-0.2, -0.15) is 0 Å². The molecule has 28 heavy (non-hydrogen) atoms. The smallest absolute Gasteiger partial charge is 0.379 e. The molecule has 0 spiro atoms. The first-order chi connectivity index (χ1) is 13.7. The fraction of sp³-hybridized carbons (Fsp3) is 0.227. The topological polar surface area (TPSA) is 67.1 Å².